The maximum absolute atomic E-state index is 13.8. The summed E-state index contributed by atoms with van der Waals surface area (Å²) in [5.74, 6) is -1.59. The molecule has 8 heteroatoms. The number of nitrogens with zero attached hydrogens (tertiary/aromatic N) is 3. The van der Waals surface area contributed by atoms with Crippen LogP contribution in [-0.2, 0) is 31.1 Å². The molecule has 0 bridgehead atoms. The van der Waals surface area contributed by atoms with Gasteiger partial charge in [-0.3, -0.25) is 29.1 Å². The monoisotopic (exact) mass is 434 g/mol. The fourth-order valence-corrected chi connectivity index (χ4v) is 4.91. The van der Waals surface area contributed by atoms with Crippen molar-refractivity contribution >= 4 is 23.6 Å². The van der Waals surface area contributed by atoms with Crippen LogP contribution in [-0.4, -0.2) is 51.0 Å². The highest BCUT2D eigenvalue weighted by atomic mass is 16.2. The Bertz CT molecular complexity index is 1070. The number of rotatable bonds is 6. The molecule has 1 aromatic heterocycles. The second-order valence-corrected chi connectivity index (χ2v) is 8.54. The van der Waals surface area contributed by atoms with Crippen molar-refractivity contribution in [1.82, 2.24) is 14.8 Å². The number of hydrogen-bond donors (Lipinski definition) is 1. The molecule has 2 N–H and O–H groups in total. The third kappa shape index (κ3) is 3.77. The first-order valence-electron chi connectivity index (χ1n) is 10.7. The van der Waals surface area contributed by atoms with Gasteiger partial charge in [-0.05, 0) is 48.6 Å². The van der Waals surface area contributed by atoms with Crippen LogP contribution in [0.2, 0.25) is 0 Å². The average Bonchev–Trinajstić information content (AvgIpc) is 3.35. The number of amides is 4. The zero-order chi connectivity index (χ0) is 22.9. The van der Waals surface area contributed by atoms with Gasteiger partial charge in [0.25, 0.3) is 0 Å². The molecular formula is C24H26N4O4. The molecule has 4 amide bonds. The number of pyridine rings is 1. The van der Waals surface area contributed by atoms with Gasteiger partial charge in [0.05, 0.1) is 12.0 Å². The van der Waals surface area contributed by atoms with E-state index in [1.165, 1.54) is 9.80 Å². The average molecular weight is 434 g/mol. The maximum Gasteiger partial charge on any atom is 0.241 e. The predicted molar refractivity (Wildman–Crippen MR) is 116 cm³/mol. The van der Waals surface area contributed by atoms with E-state index in [0.717, 1.165) is 11.1 Å². The first-order valence-corrected chi connectivity index (χ1v) is 10.7. The number of benzene rings is 1. The number of primary amides is 1. The zero-order valence-corrected chi connectivity index (χ0v) is 18.0. The quantitative estimate of drug-likeness (QED) is 0.692. The molecule has 0 saturated carbocycles. The minimum Gasteiger partial charge on any atom is -0.368 e. The third-order valence-corrected chi connectivity index (χ3v) is 6.51. The highest BCUT2D eigenvalue weighted by Gasteiger charge is 2.55. The van der Waals surface area contributed by atoms with Crippen LogP contribution in [0, 0.1) is 6.92 Å². The molecule has 1 aromatic carbocycles. The lowest BCUT2D eigenvalue weighted by Crippen LogP contribution is -2.48. The van der Waals surface area contributed by atoms with Gasteiger partial charge in [-0.25, -0.2) is 0 Å². The summed E-state index contributed by atoms with van der Waals surface area (Å²) < 4.78 is 0. The van der Waals surface area contributed by atoms with Gasteiger partial charge in [-0.2, -0.15) is 0 Å². The van der Waals surface area contributed by atoms with E-state index >= 15 is 0 Å². The largest absolute Gasteiger partial charge is 0.368 e. The molecule has 2 saturated heterocycles. The van der Waals surface area contributed by atoms with Gasteiger partial charge in [-0.15, -0.1) is 0 Å². The Hall–Kier alpha value is -3.55. The molecule has 2 aliphatic heterocycles. The van der Waals surface area contributed by atoms with Crippen LogP contribution >= 0.6 is 0 Å². The molecule has 2 aromatic rings. The Kier molecular flexibility index (Phi) is 5.78. The molecule has 2 aliphatic rings. The third-order valence-electron chi connectivity index (χ3n) is 6.51. The summed E-state index contributed by atoms with van der Waals surface area (Å²) in [5, 5.41) is 0. The summed E-state index contributed by atoms with van der Waals surface area (Å²) in [5.41, 5.74) is 6.46. The summed E-state index contributed by atoms with van der Waals surface area (Å²) in [6.45, 7) is 2.40. The number of aromatic nitrogens is 1. The van der Waals surface area contributed by atoms with Crippen LogP contribution in [0.1, 0.15) is 42.4 Å². The van der Waals surface area contributed by atoms with Gasteiger partial charge in [0, 0.05) is 31.8 Å². The highest BCUT2D eigenvalue weighted by Crippen LogP contribution is 2.42. The standard InChI is InChI=1S/C24H26N4O4/c1-16-5-2-3-6-18(16)24(13-20(29)27-12-4-7-19(27)22(25)31)14-21(30)28(23(24)32)15-17-8-10-26-11-9-17/h2-3,5-6,8-11,19H,4,7,12-15H2,1H3,(H2,25,31)/t19-,24?/m0/s1. The number of nitrogens with two attached hydrogens (primary N) is 1. The molecule has 4 rings (SSSR count). The Balaban J connectivity index is 1.70. The van der Waals surface area contributed by atoms with Crippen LogP contribution in [0.3, 0.4) is 0 Å². The lowest BCUT2D eigenvalue weighted by atomic mass is 9.74. The summed E-state index contributed by atoms with van der Waals surface area (Å²) >= 11 is 0. The summed E-state index contributed by atoms with van der Waals surface area (Å²) in [4.78, 5) is 58.7. The fourth-order valence-electron chi connectivity index (χ4n) is 4.91. The molecule has 166 valence electrons. The first kappa shape index (κ1) is 21.7. The van der Waals surface area contributed by atoms with Crippen molar-refractivity contribution in [3.63, 3.8) is 0 Å². The van der Waals surface area contributed by atoms with Crippen LogP contribution in [0.5, 0.6) is 0 Å². The van der Waals surface area contributed by atoms with Crippen molar-refractivity contribution in [2.45, 2.75) is 50.6 Å². The van der Waals surface area contributed by atoms with E-state index in [1.54, 1.807) is 36.7 Å². The molecule has 0 aliphatic carbocycles. The van der Waals surface area contributed by atoms with E-state index in [1.807, 2.05) is 19.1 Å². The molecule has 32 heavy (non-hydrogen) atoms. The number of imide groups is 1. The van der Waals surface area contributed by atoms with Crippen LogP contribution in [0.25, 0.3) is 0 Å². The second kappa shape index (κ2) is 8.53. The van der Waals surface area contributed by atoms with Crippen molar-refractivity contribution in [2.75, 3.05) is 6.54 Å². The Morgan fingerprint density at radius 2 is 1.88 bits per heavy atom. The van der Waals surface area contributed by atoms with Gasteiger partial charge in [0.15, 0.2) is 0 Å². The molecule has 2 atom stereocenters. The SMILES string of the molecule is Cc1ccccc1C1(CC(=O)N2CCC[C@H]2C(N)=O)CC(=O)N(Cc2ccncc2)C1=O. The summed E-state index contributed by atoms with van der Waals surface area (Å²) in [6.07, 6.45) is 4.13. The maximum atomic E-state index is 13.8. The summed E-state index contributed by atoms with van der Waals surface area (Å²) in [6, 6.07) is 10.2. The zero-order valence-electron chi connectivity index (χ0n) is 18.0. The molecular weight excluding hydrogens is 408 g/mol. The van der Waals surface area contributed by atoms with Crippen molar-refractivity contribution in [3.05, 3.63) is 65.5 Å². The van der Waals surface area contributed by atoms with E-state index in [-0.39, 0.29) is 31.2 Å². The minimum absolute atomic E-state index is 0.0947. The van der Waals surface area contributed by atoms with E-state index in [4.69, 9.17) is 5.73 Å². The Morgan fingerprint density at radius 3 is 2.56 bits per heavy atom. The molecule has 1 unspecified atom stereocenters. The van der Waals surface area contributed by atoms with E-state index < -0.39 is 23.3 Å². The van der Waals surface area contributed by atoms with E-state index in [0.29, 0.717) is 24.9 Å². The van der Waals surface area contributed by atoms with Gasteiger partial charge in [0.2, 0.25) is 23.6 Å². The van der Waals surface area contributed by atoms with Crippen molar-refractivity contribution in [2.24, 2.45) is 5.73 Å². The molecule has 0 spiro atoms. The molecule has 2 fully saturated rings. The number of hydrogen-bond acceptors (Lipinski definition) is 5. The smallest absolute Gasteiger partial charge is 0.241 e. The minimum atomic E-state index is -1.31. The lowest BCUT2D eigenvalue weighted by molar-refractivity contribution is -0.144. The second-order valence-electron chi connectivity index (χ2n) is 8.54. The molecule has 0 radical (unpaired) electrons. The first-order chi connectivity index (χ1) is 15.3. The van der Waals surface area contributed by atoms with E-state index in [9.17, 15) is 19.2 Å². The number of carbonyl (C=O) groups is 4. The van der Waals surface area contributed by atoms with Gasteiger partial charge in [-0.1, -0.05) is 24.3 Å². The van der Waals surface area contributed by atoms with Gasteiger partial charge in [0.1, 0.15) is 6.04 Å². The Morgan fingerprint density at radius 1 is 1.16 bits per heavy atom. The van der Waals surface area contributed by atoms with Gasteiger partial charge < -0.3 is 10.6 Å². The van der Waals surface area contributed by atoms with Crippen molar-refractivity contribution < 1.29 is 19.2 Å². The van der Waals surface area contributed by atoms with Crippen LogP contribution in [0.4, 0.5) is 0 Å². The lowest BCUT2D eigenvalue weighted by Gasteiger charge is -2.31. The van der Waals surface area contributed by atoms with Crippen molar-refractivity contribution in [1.29, 1.82) is 0 Å². The summed E-state index contributed by atoms with van der Waals surface area (Å²) in [7, 11) is 0. The molecule has 8 nitrogen and oxygen atoms in total. The van der Waals surface area contributed by atoms with Crippen molar-refractivity contribution in [3.8, 4) is 0 Å². The topological polar surface area (TPSA) is 114 Å². The molecule has 3 heterocycles. The highest BCUT2D eigenvalue weighted by molar-refractivity contribution is 6.11. The normalized spacial score (nSPS) is 23.1. The number of carbonyl (C=O) groups excluding carboxylic acids is 4. The fraction of sp³-hybridized carbons (Fsp3) is 0.375. The Labute approximate surface area is 186 Å². The predicted octanol–water partition coefficient (Wildman–Crippen LogP) is 1.45. The van der Waals surface area contributed by atoms with Gasteiger partial charge >= 0.3 is 0 Å². The van der Waals surface area contributed by atoms with Crippen LogP contribution in [0.15, 0.2) is 48.8 Å². The number of aryl methyl sites for hydroxylation is 1. The van der Waals surface area contributed by atoms with Crippen LogP contribution < -0.4 is 5.73 Å². The van der Waals surface area contributed by atoms with E-state index in [2.05, 4.69) is 4.98 Å². The number of likely N-dealkylation sites (tertiary alicyclic amines) is 2.